The predicted molar refractivity (Wildman–Crippen MR) is 56.9 cm³/mol. The van der Waals surface area contributed by atoms with Gasteiger partial charge in [-0.1, -0.05) is 30.3 Å². The summed E-state index contributed by atoms with van der Waals surface area (Å²) in [5, 5.41) is 7.15. The SMILES string of the molecule is C=O.CN(Cc1ccccc1)C(=N)N. The fourth-order valence-electron chi connectivity index (χ4n) is 0.942. The third-order valence-electron chi connectivity index (χ3n) is 1.67. The van der Waals surface area contributed by atoms with Crippen molar-refractivity contribution in [2.24, 2.45) is 5.73 Å². The number of benzene rings is 1. The third-order valence-corrected chi connectivity index (χ3v) is 1.67. The molecule has 4 heteroatoms. The van der Waals surface area contributed by atoms with Crippen molar-refractivity contribution in [3.8, 4) is 0 Å². The van der Waals surface area contributed by atoms with Crippen molar-refractivity contribution < 1.29 is 4.79 Å². The molecule has 14 heavy (non-hydrogen) atoms. The number of carbonyl (C=O) groups excluding carboxylic acids is 1. The largest absolute Gasteiger partial charge is 0.370 e. The lowest BCUT2D eigenvalue weighted by Gasteiger charge is -2.15. The maximum Gasteiger partial charge on any atom is 0.188 e. The van der Waals surface area contributed by atoms with Crippen LogP contribution in [0.5, 0.6) is 0 Å². The molecule has 0 aliphatic heterocycles. The van der Waals surface area contributed by atoms with Gasteiger partial charge in [0.2, 0.25) is 0 Å². The zero-order valence-electron chi connectivity index (χ0n) is 8.23. The first kappa shape index (κ1) is 12.2. The van der Waals surface area contributed by atoms with Gasteiger partial charge in [-0.05, 0) is 5.56 Å². The van der Waals surface area contributed by atoms with Gasteiger partial charge in [-0.2, -0.15) is 0 Å². The summed E-state index contributed by atoms with van der Waals surface area (Å²) >= 11 is 0. The number of hydrogen-bond donors (Lipinski definition) is 2. The monoisotopic (exact) mass is 193 g/mol. The minimum absolute atomic E-state index is 0.0962. The molecule has 0 radical (unpaired) electrons. The van der Waals surface area contributed by atoms with Crippen molar-refractivity contribution in [3.63, 3.8) is 0 Å². The van der Waals surface area contributed by atoms with Crippen LogP contribution in [0.2, 0.25) is 0 Å². The second kappa shape index (κ2) is 6.65. The molecule has 0 heterocycles. The van der Waals surface area contributed by atoms with Crippen molar-refractivity contribution in [2.45, 2.75) is 6.54 Å². The van der Waals surface area contributed by atoms with Crippen molar-refractivity contribution in [1.29, 1.82) is 5.41 Å². The summed E-state index contributed by atoms with van der Waals surface area (Å²) in [6.07, 6.45) is 0. The normalized spacial score (nSPS) is 8.36. The Morgan fingerprint density at radius 3 is 2.36 bits per heavy atom. The van der Waals surface area contributed by atoms with Crippen LogP contribution in [-0.4, -0.2) is 24.7 Å². The highest BCUT2D eigenvalue weighted by Crippen LogP contribution is 2.01. The summed E-state index contributed by atoms with van der Waals surface area (Å²) in [4.78, 5) is 9.69. The van der Waals surface area contributed by atoms with Crippen molar-refractivity contribution in [1.82, 2.24) is 4.90 Å². The van der Waals surface area contributed by atoms with E-state index in [0.717, 1.165) is 5.56 Å². The van der Waals surface area contributed by atoms with E-state index in [2.05, 4.69) is 0 Å². The molecule has 0 aromatic heterocycles. The highest BCUT2D eigenvalue weighted by molar-refractivity contribution is 5.74. The van der Waals surface area contributed by atoms with E-state index >= 15 is 0 Å². The van der Waals surface area contributed by atoms with Gasteiger partial charge in [-0.3, -0.25) is 5.41 Å². The lowest BCUT2D eigenvalue weighted by atomic mass is 10.2. The van der Waals surface area contributed by atoms with Crippen LogP contribution in [0.1, 0.15) is 5.56 Å². The van der Waals surface area contributed by atoms with E-state index in [-0.39, 0.29) is 5.96 Å². The van der Waals surface area contributed by atoms with Crippen molar-refractivity contribution in [3.05, 3.63) is 35.9 Å². The molecule has 0 saturated carbocycles. The first-order valence-electron chi connectivity index (χ1n) is 4.08. The Kier molecular flexibility index (Phi) is 5.78. The molecule has 0 aliphatic carbocycles. The number of nitrogens with zero attached hydrogens (tertiary/aromatic N) is 1. The molecule has 0 bridgehead atoms. The molecule has 0 aliphatic rings. The Hall–Kier alpha value is -1.84. The Morgan fingerprint density at radius 2 is 1.93 bits per heavy atom. The molecule has 0 spiro atoms. The smallest absolute Gasteiger partial charge is 0.188 e. The molecule has 1 rings (SSSR count). The maximum atomic E-state index is 8.00. The summed E-state index contributed by atoms with van der Waals surface area (Å²) in [5.74, 6) is 0.0962. The van der Waals surface area contributed by atoms with Crippen LogP contribution in [-0.2, 0) is 11.3 Å². The van der Waals surface area contributed by atoms with Gasteiger partial charge < -0.3 is 15.4 Å². The zero-order valence-corrected chi connectivity index (χ0v) is 8.23. The van der Waals surface area contributed by atoms with E-state index in [1.165, 1.54) is 0 Å². The Morgan fingerprint density at radius 1 is 1.43 bits per heavy atom. The number of carbonyl (C=O) groups is 1. The molecule has 0 atom stereocenters. The van der Waals surface area contributed by atoms with Gasteiger partial charge in [-0.15, -0.1) is 0 Å². The number of rotatable bonds is 2. The molecule has 4 nitrogen and oxygen atoms in total. The van der Waals surface area contributed by atoms with E-state index in [9.17, 15) is 0 Å². The van der Waals surface area contributed by atoms with Crippen LogP contribution in [0, 0.1) is 5.41 Å². The molecule has 0 saturated heterocycles. The molecular formula is C10H15N3O. The summed E-state index contributed by atoms with van der Waals surface area (Å²) in [7, 11) is 1.80. The number of guanidine groups is 1. The van der Waals surface area contributed by atoms with Crippen LogP contribution >= 0.6 is 0 Å². The van der Waals surface area contributed by atoms with E-state index in [1.807, 2.05) is 37.1 Å². The molecule has 1 aromatic carbocycles. The third kappa shape index (κ3) is 4.25. The first-order chi connectivity index (χ1) is 6.70. The number of nitrogens with two attached hydrogens (primary N) is 1. The summed E-state index contributed by atoms with van der Waals surface area (Å²) in [5.41, 5.74) is 6.46. The molecule has 0 amide bonds. The standard InChI is InChI=1S/C9H13N3.CH2O/c1-12(9(10)11)7-8-5-3-2-4-6-8;1-2/h2-6H,7H2,1H3,(H3,10,11);1H2. The second-order valence-electron chi connectivity index (χ2n) is 2.73. The van der Waals surface area contributed by atoms with Crippen LogP contribution < -0.4 is 5.73 Å². The van der Waals surface area contributed by atoms with Gasteiger partial charge in [0.05, 0.1) is 0 Å². The quantitative estimate of drug-likeness (QED) is 0.540. The first-order valence-corrected chi connectivity index (χ1v) is 4.08. The average Bonchev–Trinajstić information content (AvgIpc) is 2.22. The molecular weight excluding hydrogens is 178 g/mol. The molecule has 76 valence electrons. The lowest BCUT2D eigenvalue weighted by molar-refractivity contribution is -0.0979. The molecule has 3 N–H and O–H groups in total. The number of nitrogens with one attached hydrogen (secondary N) is 1. The Labute approximate surface area is 83.8 Å². The maximum absolute atomic E-state index is 8.00. The Balaban J connectivity index is 0.000000791. The van der Waals surface area contributed by atoms with Gasteiger partial charge in [0.25, 0.3) is 0 Å². The van der Waals surface area contributed by atoms with Crippen LogP contribution in [0.3, 0.4) is 0 Å². The van der Waals surface area contributed by atoms with Gasteiger partial charge in [0, 0.05) is 13.6 Å². The van der Waals surface area contributed by atoms with Gasteiger partial charge in [0.15, 0.2) is 5.96 Å². The Bertz CT molecular complexity index is 274. The van der Waals surface area contributed by atoms with Gasteiger partial charge >= 0.3 is 0 Å². The van der Waals surface area contributed by atoms with Crippen molar-refractivity contribution in [2.75, 3.05) is 7.05 Å². The van der Waals surface area contributed by atoms with E-state index < -0.39 is 0 Å². The summed E-state index contributed by atoms with van der Waals surface area (Å²) in [6, 6.07) is 9.95. The van der Waals surface area contributed by atoms with Crippen molar-refractivity contribution >= 4 is 12.7 Å². The summed E-state index contributed by atoms with van der Waals surface area (Å²) < 4.78 is 0. The van der Waals surface area contributed by atoms with Crippen LogP contribution in [0.25, 0.3) is 0 Å². The fourth-order valence-corrected chi connectivity index (χ4v) is 0.942. The predicted octanol–water partition coefficient (Wildman–Crippen LogP) is 0.827. The summed E-state index contributed by atoms with van der Waals surface area (Å²) in [6.45, 7) is 2.69. The second-order valence-corrected chi connectivity index (χ2v) is 2.73. The molecule has 0 fully saturated rings. The average molecular weight is 193 g/mol. The number of hydrogen-bond acceptors (Lipinski definition) is 2. The zero-order chi connectivity index (χ0) is 11.0. The van der Waals surface area contributed by atoms with Crippen LogP contribution in [0.15, 0.2) is 30.3 Å². The molecule has 1 aromatic rings. The minimum atomic E-state index is 0.0962. The van der Waals surface area contributed by atoms with E-state index in [1.54, 1.807) is 11.9 Å². The lowest BCUT2D eigenvalue weighted by Crippen LogP contribution is -2.32. The van der Waals surface area contributed by atoms with E-state index in [0.29, 0.717) is 6.54 Å². The molecule has 0 unspecified atom stereocenters. The highest BCUT2D eigenvalue weighted by Gasteiger charge is 1.99. The van der Waals surface area contributed by atoms with E-state index in [4.69, 9.17) is 15.9 Å². The minimum Gasteiger partial charge on any atom is -0.370 e. The van der Waals surface area contributed by atoms with Gasteiger partial charge in [0.1, 0.15) is 6.79 Å². The highest BCUT2D eigenvalue weighted by atomic mass is 16.1. The van der Waals surface area contributed by atoms with Gasteiger partial charge in [-0.25, -0.2) is 0 Å². The van der Waals surface area contributed by atoms with Crippen LogP contribution in [0.4, 0.5) is 0 Å². The topological polar surface area (TPSA) is 70.2 Å². The fraction of sp³-hybridized carbons (Fsp3) is 0.200.